The van der Waals surface area contributed by atoms with Crippen LogP contribution in [0, 0.1) is 13.8 Å². The Morgan fingerprint density at radius 1 is 1.07 bits per heavy atom. The van der Waals surface area contributed by atoms with Gasteiger partial charge >= 0.3 is 0 Å². The van der Waals surface area contributed by atoms with Crippen molar-refractivity contribution in [1.29, 1.82) is 0 Å². The lowest BCUT2D eigenvalue weighted by molar-refractivity contribution is 0.101. The van der Waals surface area contributed by atoms with Crippen LogP contribution in [-0.4, -0.2) is 20.7 Å². The van der Waals surface area contributed by atoms with Crippen molar-refractivity contribution >= 4 is 32.6 Å². The molecule has 0 bridgehead atoms. The fourth-order valence-electron chi connectivity index (χ4n) is 2.83. The fourth-order valence-corrected chi connectivity index (χ4v) is 3.77. The number of thiazole rings is 1. The van der Waals surface area contributed by atoms with Crippen molar-refractivity contribution < 1.29 is 4.79 Å². The van der Waals surface area contributed by atoms with E-state index in [4.69, 9.17) is 0 Å². The quantitative estimate of drug-likeness (QED) is 0.591. The number of rotatable bonds is 3. The number of carbonyl (C=O) groups is 1. The van der Waals surface area contributed by atoms with Crippen LogP contribution in [0.1, 0.15) is 21.7 Å². The molecule has 0 saturated carbocycles. The Morgan fingerprint density at radius 2 is 1.85 bits per heavy atom. The molecule has 27 heavy (non-hydrogen) atoms. The maximum atomic E-state index is 12.7. The lowest BCUT2D eigenvalue weighted by Crippen LogP contribution is -2.26. The number of hydrogen-bond donors (Lipinski definition) is 1. The molecule has 0 atom stereocenters. The molecule has 0 fully saturated rings. The molecule has 2 heterocycles. The van der Waals surface area contributed by atoms with E-state index in [-0.39, 0.29) is 5.69 Å². The fraction of sp³-hybridized carbons (Fsp3) is 0.100. The smallest absolute Gasteiger partial charge is 0.281 e. The Balaban J connectivity index is 1.71. The average molecular weight is 376 g/mol. The van der Waals surface area contributed by atoms with Gasteiger partial charge in [-0.15, -0.1) is 0 Å². The van der Waals surface area contributed by atoms with E-state index in [9.17, 15) is 9.59 Å². The summed E-state index contributed by atoms with van der Waals surface area (Å²) in [7, 11) is 0. The SMILES string of the molecule is Cc1cccc2sc(NC(=O)c3nn(-c4ccccc4)c(C)cc3=O)nc12. The summed E-state index contributed by atoms with van der Waals surface area (Å²) in [5.41, 5.74) is 2.72. The van der Waals surface area contributed by atoms with Gasteiger partial charge in [-0.25, -0.2) is 9.67 Å². The maximum Gasteiger partial charge on any atom is 0.281 e. The van der Waals surface area contributed by atoms with E-state index >= 15 is 0 Å². The molecule has 134 valence electrons. The highest BCUT2D eigenvalue weighted by molar-refractivity contribution is 7.22. The van der Waals surface area contributed by atoms with Gasteiger partial charge in [0, 0.05) is 11.8 Å². The maximum absolute atomic E-state index is 12.7. The third-order valence-corrected chi connectivity index (χ3v) is 5.10. The second-order valence-corrected chi connectivity index (χ2v) is 7.17. The van der Waals surface area contributed by atoms with E-state index in [0.29, 0.717) is 10.8 Å². The lowest BCUT2D eigenvalue weighted by atomic mass is 10.2. The molecule has 4 rings (SSSR count). The van der Waals surface area contributed by atoms with E-state index in [2.05, 4.69) is 15.4 Å². The third-order valence-electron chi connectivity index (χ3n) is 4.16. The summed E-state index contributed by atoms with van der Waals surface area (Å²) in [6.45, 7) is 3.74. The van der Waals surface area contributed by atoms with E-state index in [1.54, 1.807) is 11.6 Å². The van der Waals surface area contributed by atoms with Gasteiger partial charge in [0.2, 0.25) is 5.43 Å². The van der Waals surface area contributed by atoms with Gasteiger partial charge in [-0.05, 0) is 37.6 Å². The number of amides is 1. The van der Waals surface area contributed by atoms with Crippen LogP contribution in [0.5, 0.6) is 0 Å². The summed E-state index contributed by atoms with van der Waals surface area (Å²) >= 11 is 1.36. The molecule has 1 amide bonds. The van der Waals surface area contributed by atoms with E-state index < -0.39 is 11.3 Å². The molecular formula is C20H16N4O2S. The molecule has 2 aromatic carbocycles. The minimum absolute atomic E-state index is 0.166. The number of anilines is 1. The van der Waals surface area contributed by atoms with Crippen molar-refractivity contribution in [3.8, 4) is 5.69 Å². The molecule has 4 aromatic rings. The van der Waals surface area contributed by atoms with Crippen LogP contribution in [0.4, 0.5) is 5.13 Å². The van der Waals surface area contributed by atoms with Crippen LogP contribution in [0.25, 0.3) is 15.9 Å². The molecule has 0 unspecified atom stereocenters. The van der Waals surface area contributed by atoms with Crippen molar-refractivity contribution in [3.05, 3.63) is 81.8 Å². The first kappa shape index (κ1) is 17.1. The number of nitrogens with one attached hydrogen (secondary N) is 1. The minimum Gasteiger partial charge on any atom is -0.296 e. The first-order valence-electron chi connectivity index (χ1n) is 8.37. The summed E-state index contributed by atoms with van der Waals surface area (Å²) in [4.78, 5) is 29.5. The van der Waals surface area contributed by atoms with Crippen LogP contribution in [-0.2, 0) is 0 Å². The lowest BCUT2D eigenvalue weighted by Gasteiger charge is -2.10. The minimum atomic E-state index is -0.568. The Morgan fingerprint density at radius 3 is 2.59 bits per heavy atom. The van der Waals surface area contributed by atoms with Gasteiger partial charge in [0.05, 0.1) is 15.9 Å². The van der Waals surface area contributed by atoms with Crippen LogP contribution in [0.3, 0.4) is 0 Å². The summed E-state index contributed by atoms with van der Waals surface area (Å²) in [5.74, 6) is -0.568. The highest BCUT2D eigenvalue weighted by Crippen LogP contribution is 2.28. The molecule has 0 aliphatic heterocycles. The Kier molecular flexibility index (Phi) is 4.29. The van der Waals surface area contributed by atoms with Crippen molar-refractivity contribution in [2.24, 2.45) is 0 Å². The van der Waals surface area contributed by atoms with Crippen LogP contribution < -0.4 is 10.7 Å². The van der Waals surface area contributed by atoms with Crippen molar-refractivity contribution in [1.82, 2.24) is 14.8 Å². The highest BCUT2D eigenvalue weighted by Gasteiger charge is 2.17. The number of aryl methyl sites for hydroxylation is 2. The number of aromatic nitrogens is 3. The van der Waals surface area contributed by atoms with E-state index in [1.807, 2.05) is 55.5 Å². The van der Waals surface area contributed by atoms with Gasteiger partial charge in [-0.3, -0.25) is 14.9 Å². The average Bonchev–Trinajstić information content (AvgIpc) is 3.06. The second-order valence-electron chi connectivity index (χ2n) is 6.14. The van der Waals surface area contributed by atoms with E-state index in [1.165, 1.54) is 17.4 Å². The number of para-hydroxylation sites is 2. The van der Waals surface area contributed by atoms with Gasteiger partial charge in [0.15, 0.2) is 10.8 Å². The Hall–Kier alpha value is -3.32. The number of carbonyl (C=O) groups excluding carboxylic acids is 1. The summed E-state index contributed by atoms with van der Waals surface area (Å²) in [5, 5.41) is 7.43. The molecule has 7 heteroatoms. The predicted octanol–water partition coefficient (Wildman–Crippen LogP) is 3.71. The molecular weight excluding hydrogens is 360 g/mol. The van der Waals surface area contributed by atoms with Gasteiger partial charge in [0.1, 0.15) is 0 Å². The zero-order valence-electron chi connectivity index (χ0n) is 14.8. The molecule has 0 spiro atoms. The molecule has 2 aromatic heterocycles. The standard InChI is InChI=1S/C20H16N4O2S/c1-12-7-6-10-16-17(12)21-20(27-16)22-19(26)18-15(25)11-13(2)24(23-18)14-8-4-3-5-9-14/h3-11H,1-2H3,(H,21,22,26). The summed E-state index contributed by atoms with van der Waals surface area (Å²) < 4.78 is 2.56. The first-order chi connectivity index (χ1) is 13.0. The molecule has 1 N–H and O–H groups in total. The zero-order chi connectivity index (χ0) is 19.0. The van der Waals surface area contributed by atoms with Gasteiger partial charge in [-0.1, -0.05) is 41.7 Å². The zero-order valence-corrected chi connectivity index (χ0v) is 15.6. The second kappa shape index (κ2) is 6.77. The predicted molar refractivity (Wildman–Crippen MR) is 107 cm³/mol. The largest absolute Gasteiger partial charge is 0.296 e. The Labute approximate surface area is 159 Å². The van der Waals surface area contributed by atoms with Crippen LogP contribution in [0.2, 0.25) is 0 Å². The first-order valence-corrected chi connectivity index (χ1v) is 9.18. The Bertz CT molecular complexity index is 1210. The van der Waals surface area contributed by atoms with Crippen molar-refractivity contribution in [2.75, 3.05) is 5.32 Å². The molecule has 0 saturated heterocycles. The number of fused-ring (bicyclic) bond motifs is 1. The number of benzene rings is 2. The van der Waals surface area contributed by atoms with Gasteiger partial charge in [-0.2, -0.15) is 5.10 Å². The number of nitrogens with zero attached hydrogens (tertiary/aromatic N) is 3. The van der Waals surface area contributed by atoms with Crippen molar-refractivity contribution in [2.45, 2.75) is 13.8 Å². The monoisotopic (exact) mass is 376 g/mol. The third kappa shape index (κ3) is 3.24. The molecule has 0 aliphatic carbocycles. The molecule has 0 radical (unpaired) electrons. The van der Waals surface area contributed by atoms with Gasteiger partial charge in [0.25, 0.3) is 5.91 Å². The van der Waals surface area contributed by atoms with Crippen LogP contribution in [0.15, 0.2) is 59.4 Å². The molecule has 6 nitrogen and oxygen atoms in total. The summed E-state index contributed by atoms with van der Waals surface area (Å²) in [6.07, 6.45) is 0. The van der Waals surface area contributed by atoms with Crippen molar-refractivity contribution in [3.63, 3.8) is 0 Å². The van der Waals surface area contributed by atoms with Gasteiger partial charge < -0.3 is 0 Å². The van der Waals surface area contributed by atoms with E-state index in [0.717, 1.165) is 21.5 Å². The normalized spacial score (nSPS) is 10.9. The highest BCUT2D eigenvalue weighted by atomic mass is 32.1. The topological polar surface area (TPSA) is 76.9 Å². The summed E-state index contributed by atoms with van der Waals surface area (Å²) in [6, 6.07) is 16.6. The molecule has 0 aliphatic rings. The van der Waals surface area contributed by atoms with Crippen LogP contribution >= 0.6 is 11.3 Å². The number of hydrogen-bond acceptors (Lipinski definition) is 5.